The summed E-state index contributed by atoms with van der Waals surface area (Å²) in [6, 6.07) is 0. The van der Waals surface area contributed by atoms with Crippen LogP contribution >= 0.6 is 0 Å². The lowest BCUT2D eigenvalue weighted by atomic mass is 10.00. The summed E-state index contributed by atoms with van der Waals surface area (Å²) in [5.41, 5.74) is 5.33. The van der Waals surface area contributed by atoms with Crippen molar-refractivity contribution in [3.05, 3.63) is 0 Å². The molecule has 0 aliphatic heterocycles. The summed E-state index contributed by atoms with van der Waals surface area (Å²) in [4.78, 5) is 20.3. The van der Waals surface area contributed by atoms with Gasteiger partial charge >= 0.3 is 0 Å². The van der Waals surface area contributed by atoms with E-state index in [9.17, 15) is 9.59 Å². The van der Waals surface area contributed by atoms with Gasteiger partial charge in [-0.15, -0.1) is 0 Å². The van der Waals surface area contributed by atoms with Crippen molar-refractivity contribution < 1.29 is 9.59 Å². The minimum Gasteiger partial charge on any atom is -0.330 e. The van der Waals surface area contributed by atoms with Crippen molar-refractivity contribution >= 4 is 12.6 Å². The second kappa shape index (κ2) is 9.39. The second-order valence-electron chi connectivity index (χ2n) is 3.15. The van der Waals surface area contributed by atoms with Crippen LogP contribution in [0.4, 0.5) is 0 Å². The fraction of sp³-hybridized carbons (Fsp3) is 0.800. The predicted molar refractivity (Wildman–Crippen MR) is 51.6 cm³/mol. The molecule has 0 spiro atoms. The number of rotatable bonds is 9. The third-order valence-corrected chi connectivity index (χ3v) is 2.00. The zero-order valence-electron chi connectivity index (χ0n) is 7.92. The molecule has 0 aromatic rings. The molecule has 1 atom stereocenters. The number of nitrogens with two attached hydrogens (primary N) is 1. The maximum absolute atomic E-state index is 10.3. The van der Waals surface area contributed by atoms with Gasteiger partial charge in [-0.25, -0.2) is 0 Å². The topological polar surface area (TPSA) is 60.2 Å². The normalized spacial score (nSPS) is 12.4. The average Bonchev–Trinajstić information content (AvgIpc) is 2.16. The molecule has 0 fully saturated rings. The third kappa shape index (κ3) is 7.65. The Bertz CT molecular complexity index is 137. The van der Waals surface area contributed by atoms with E-state index in [1.165, 1.54) is 0 Å². The highest BCUT2D eigenvalue weighted by Crippen LogP contribution is 2.10. The first-order chi connectivity index (χ1) is 6.35. The maximum Gasteiger partial charge on any atom is 0.202 e. The minimum atomic E-state index is -0.240. The van der Waals surface area contributed by atoms with Gasteiger partial charge in [0.05, 0.1) is 0 Å². The van der Waals surface area contributed by atoms with E-state index in [1.54, 1.807) is 6.29 Å². The highest BCUT2D eigenvalue weighted by atomic mass is 16.1. The van der Waals surface area contributed by atoms with E-state index in [0.717, 1.165) is 38.6 Å². The van der Waals surface area contributed by atoms with Gasteiger partial charge in [-0.1, -0.05) is 19.3 Å². The molecule has 13 heavy (non-hydrogen) atoms. The van der Waals surface area contributed by atoms with Gasteiger partial charge in [0.2, 0.25) is 6.29 Å². The number of hydrogen-bond donors (Lipinski definition) is 1. The average molecular weight is 183 g/mol. The largest absolute Gasteiger partial charge is 0.330 e. The molecule has 74 valence electrons. The Kier molecular flexibility index (Phi) is 8.88. The zero-order valence-corrected chi connectivity index (χ0v) is 7.92. The standard InChI is InChI=1S/C10H17NO2/c11-7-4-2-1-3-5-10(9-13)6-8-12/h10H,1-7,11H2. The quantitative estimate of drug-likeness (QED) is 0.545. The summed E-state index contributed by atoms with van der Waals surface area (Å²) >= 11 is 0. The smallest absolute Gasteiger partial charge is 0.202 e. The molecular formula is C10H17NO2. The van der Waals surface area contributed by atoms with Crippen LogP contribution < -0.4 is 5.73 Å². The van der Waals surface area contributed by atoms with E-state index in [-0.39, 0.29) is 12.3 Å². The van der Waals surface area contributed by atoms with Crippen LogP contribution in [0.1, 0.15) is 38.5 Å². The van der Waals surface area contributed by atoms with Crippen molar-refractivity contribution in [3.63, 3.8) is 0 Å². The van der Waals surface area contributed by atoms with Crippen LogP contribution in [-0.2, 0) is 9.59 Å². The minimum absolute atomic E-state index is 0.195. The molecular weight excluding hydrogens is 166 g/mol. The van der Waals surface area contributed by atoms with E-state index >= 15 is 0 Å². The maximum atomic E-state index is 10.3. The van der Waals surface area contributed by atoms with Crippen LogP contribution in [-0.4, -0.2) is 19.1 Å². The Labute approximate surface area is 79.7 Å². The number of carbonyl (C=O) groups excluding carboxylic acids is 2. The predicted octanol–water partition coefficient (Wildman–Crippen LogP) is 1.12. The summed E-state index contributed by atoms with van der Waals surface area (Å²) < 4.78 is 0. The molecule has 2 radical (unpaired) electrons. The van der Waals surface area contributed by atoms with E-state index in [2.05, 4.69) is 0 Å². The molecule has 0 rings (SSSR count). The highest BCUT2D eigenvalue weighted by Gasteiger charge is 2.07. The van der Waals surface area contributed by atoms with Crippen LogP contribution in [0.2, 0.25) is 0 Å². The number of hydrogen-bond acceptors (Lipinski definition) is 3. The van der Waals surface area contributed by atoms with Gasteiger partial charge in [0.25, 0.3) is 0 Å². The van der Waals surface area contributed by atoms with Crippen LogP contribution in [0.25, 0.3) is 0 Å². The molecule has 0 bridgehead atoms. The Morgan fingerprint density at radius 3 is 2.31 bits per heavy atom. The fourth-order valence-electron chi connectivity index (χ4n) is 1.19. The summed E-state index contributed by atoms with van der Waals surface area (Å²) in [6.07, 6.45) is 8.74. The first kappa shape index (κ1) is 12.3. The van der Waals surface area contributed by atoms with Crippen molar-refractivity contribution in [2.75, 3.05) is 6.54 Å². The monoisotopic (exact) mass is 183 g/mol. The van der Waals surface area contributed by atoms with Crippen LogP contribution in [0.5, 0.6) is 0 Å². The number of unbranched alkanes of at least 4 members (excludes halogenated alkanes) is 3. The SMILES string of the molecule is NCCCCCCC([C]=O)C[C]=O. The molecule has 1 unspecified atom stereocenters. The molecule has 0 heterocycles. The van der Waals surface area contributed by atoms with E-state index in [4.69, 9.17) is 5.73 Å². The Morgan fingerprint density at radius 1 is 1.08 bits per heavy atom. The molecule has 2 N–H and O–H groups in total. The van der Waals surface area contributed by atoms with Gasteiger partial charge in [0, 0.05) is 12.3 Å². The second-order valence-corrected chi connectivity index (χ2v) is 3.15. The van der Waals surface area contributed by atoms with Crippen molar-refractivity contribution in [1.82, 2.24) is 0 Å². The van der Waals surface area contributed by atoms with Gasteiger partial charge in [0.15, 0.2) is 6.29 Å². The molecule has 0 amide bonds. The van der Waals surface area contributed by atoms with Crippen LogP contribution in [0.3, 0.4) is 0 Å². The Balaban J connectivity index is 3.27. The summed E-state index contributed by atoms with van der Waals surface area (Å²) in [5.74, 6) is -0.240. The Hall–Kier alpha value is -0.700. The molecule has 3 heteroatoms. The lowest BCUT2D eigenvalue weighted by Crippen LogP contribution is -2.03. The molecule has 0 aromatic carbocycles. The highest BCUT2D eigenvalue weighted by molar-refractivity contribution is 5.62. The molecule has 0 saturated heterocycles. The van der Waals surface area contributed by atoms with Gasteiger partial charge < -0.3 is 5.73 Å². The molecule has 0 aromatic heterocycles. The van der Waals surface area contributed by atoms with Crippen molar-refractivity contribution in [1.29, 1.82) is 0 Å². The van der Waals surface area contributed by atoms with E-state index in [0.29, 0.717) is 0 Å². The Morgan fingerprint density at radius 2 is 1.77 bits per heavy atom. The van der Waals surface area contributed by atoms with Crippen LogP contribution in [0, 0.1) is 5.92 Å². The van der Waals surface area contributed by atoms with Gasteiger partial charge in [0.1, 0.15) is 0 Å². The first-order valence-electron chi connectivity index (χ1n) is 4.78. The summed E-state index contributed by atoms with van der Waals surface area (Å²) in [7, 11) is 0. The fourth-order valence-corrected chi connectivity index (χ4v) is 1.19. The van der Waals surface area contributed by atoms with Gasteiger partial charge in [-0.05, 0) is 19.4 Å². The molecule has 0 saturated carbocycles. The lowest BCUT2D eigenvalue weighted by molar-refractivity contribution is 0.481. The lowest BCUT2D eigenvalue weighted by Gasteiger charge is -2.03. The van der Waals surface area contributed by atoms with E-state index in [1.807, 2.05) is 6.29 Å². The molecule has 0 aliphatic carbocycles. The third-order valence-electron chi connectivity index (χ3n) is 2.00. The van der Waals surface area contributed by atoms with E-state index < -0.39 is 0 Å². The van der Waals surface area contributed by atoms with Crippen molar-refractivity contribution in [3.8, 4) is 0 Å². The van der Waals surface area contributed by atoms with Crippen molar-refractivity contribution in [2.24, 2.45) is 11.7 Å². The summed E-state index contributed by atoms with van der Waals surface area (Å²) in [5, 5.41) is 0. The van der Waals surface area contributed by atoms with Crippen LogP contribution in [0.15, 0.2) is 0 Å². The molecule has 3 nitrogen and oxygen atoms in total. The van der Waals surface area contributed by atoms with Crippen molar-refractivity contribution in [2.45, 2.75) is 38.5 Å². The van der Waals surface area contributed by atoms with Gasteiger partial charge in [-0.3, -0.25) is 9.59 Å². The first-order valence-corrected chi connectivity index (χ1v) is 4.78. The summed E-state index contributed by atoms with van der Waals surface area (Å²) in [6.45, 7) is 0.728. The zero-order chi connectivity index (χ0) is 9.94. The molecule has 0 aliphatic rings. The van der Waals surface area contributed by atoms with Gasteiger partial charge in [-0.2, -0.15) is 0 Å².